The number of nitrogens with one attached hydrogen (secondary N) is 2. The minimum Gasteiger partial charge on any atom is -0.378 e. The molecule has 0 spiro atoms. The van der Waals surface area contributed by atoms with Crippen LogP contribution in [-0.4, -0.2) is 62.5 Å². The van der Waals surface area contributed by atoms with Crippen LogP contribution in [0, 0.1) is 4.91 Å². The summed E-state index contributed by atoms with van der Waals surface area (Å²) in [5.41, 5.74) is 4.85. The molecule has 4 N–H and O–H groups in total. The summed E-state index contributed by atoms with van der Waals surface area (Å²) in [6, 6.07) is 18.0. The number of hydrogen-bond donors (Lipinski definition) is 3. The number of morpholine rings is 2. The van der Waals surface area contributed by atoms with Crippen molar-refractivity contribution < 1.29 is 14.3 Å². The lowest BCUT2D eigenvalue weighted by Gasteiger charge is -2.29. The molecule has 0 amide bonds. The lowest BCUT2D eigenvalue weighted by molar-refractivity contribution is -0.474. The Labute approximate surface area is 204 Å². The summed E-state index contributed by atoms with van der Waals surface area (Å²) in [5, 5.41) is 6.60. The van der Waals surface area contributed by atoms with Gasteiger partial charge in [0, 0.05) is 55.0 Å². The summed E-state index contributed by atoms with van der Waals surface area (Å²) >= 11 is 0. The Balaban J connectivity index is 1.30. The van der Waals surface area contributed by atoms with Gasteiger partial charge in [-0.25, -0.2) is 4.98 Å². The van der Waals surface area contributed by atoms with Gasteiger partial charge in [-0.3, -0.25) is 0 Å². The Morgan fingerprint density at radius 2 is 1.26 bits per heavy atom. The first-order valence-electron chi connectivity index (χ1n) is 11.8. The number of anilines is 6. The largest absolute Gasteiger partial charge is 0.378 e. The van der Waals surface area contributed by atoms with Crippen LogP contribution in [0.25, 0.3) is 0 Å². The summed E-state index contributed by atoms with van der Waals surface area (Å²) < 4.78 is 10.9. The smallest absolute Gasteiger partial charge is 0.333 e. The first kappa shape index (κ1) is 22.9. The number of ether oxygens (including phenoxy) is 2. The van der Waals surface area contributed by atoms with E-state index in [1.165, 1.54) is 6.20 Å². The first-order chi connectivity index (χ1) is 17.2. The van der Waals surface area contributed by atoms with Gasteiger partial charge in [0.25, 0.3) is 0 Å². The number of rotatable bonds is 7. The van der Waals surface area contributed by atoms with E-state index in [1.807, 2.05) is 24.3 Å². The molecule has 0 radical (unpaired) electrons. The SMILES string of the molecule is N[N+](=O)c1cnc(Nc2ccc(N3CCOCC3)cc2)cc1Nc1ccc(N2CCOCC2)cc1. The van der Waals surface area contributed by atoms with Crippen LogP contribution < -0.4 is 26.3 Å². The van der Waals surface area contributed by atoms with Crippen molar-refractivity contribution in [3.63, 3.8) is 0 Å². The molecule has 182 valence electrons. The molecule has 2 aliphatic heterocycles. The van der Waals surface area contributed by atoms with Crippen LogP contribution in [0.3, 0.4) is 0 Å². The van der Waals surface area contributed by atoms with E-state index >= 15 is 0 Å². The fourth-order valence-electron chi connectivity index (χ4n) is 4.25. The number of aromatic nitrogens is 1. The molecule has 0 unspecified atom stereocenters. The van der Waals surface area contributed by atoms with Gasteiger partial charge >= 0.3 is 5.69 Å². The fourth-order valence-corrected chi connectivity index (χ4v) is 4.25. The van der Waals surface area contributed by atoms with Crippen LogP contribution in [0.1, 0.15) is 0 Å². The highest BCUT2D eigenvalue weighted by molar-refractivity contribution is 5.74. The van der Waals surface area contributed by atoms with Crippen LogP contribution in [0.15, 0.2) is 60.8 Å². The van der Waals surface area contributed by atoms with E-state index in [-0.39, 0.29) is 5.69 Å². The number of nitroso groups, excluding NO2 is 1. The maximum Gasteiger partial charge on any atom is 0.333 e. The predicted molar refractivity (Wildman–Crippen MR) is 137 cm³/mol. The van der Waals surface area contributed by atoms with Gasteiger partial charge in [0.1, 0.15) is 17.7 Å². The molecule has 1 aromatic heterocycles. The number of hydrazine groups is 1. The molecule has 35 heavy (non-hydrogen) atoms. The Kier molecular flexibility index (Phi) is 6.92. The van der Waals surface area contributed by atoms with E-state index in [1.54, 1.807) is 6.07 Å². The van der Waals surface area contributed by atoms with Crippen molar-refractivity contribution in [3.8, 4) is 0 Å². The Morgan fingerprint density at radius 1 is 0.771 bits per heavy atom. The van der Waals surface area contributed by atoms with Gasteiger partial charge in [-0.15, -0.1) is 0 Å². The molecule has 0 saturated carbocycles. The minimum absolute atomic E-state index is 0.246. The molecular formula is C25H30N7O3+. The van der Waals surface area contributed by atoms with E-state index in [0.717, 1.165) is 75.4 Å². The number of pyridine rings is 1. The lowest BCUT2D eigenvalue weighted by atomic mass is 10.2. The van der Waals surface area contributed by atoms with Crippen LogP contribution in [0.2, 0.25) is 0 Å². The van der Waals surface area contributed by atoms with E-state index < -0.39 is 0 Å². The zero-order valence-corrected chi connectivity index (χ0v) is 19.5. The first-order valence-corrected chi connectivity index (χ1v) is 11.8. The molecule has 0 aliphatic carbocycles. The third kappa shape index (κ3) is 5.61. The van der Waals surface area contributed by atoms with Gasteiger partial charge in [0.05, 0.1) is 31.3 Å². The third-order valence-corrected chi connectivity index (χ3v) is 6.16. The van der Waals surface area contributed by atoms with Crippen molar-refractivity contribution in [1.82, 2.24) is 4.98 Å². The molecule has 10 nitrogen and oxygen atoms in total. The van der Waals surface area contributed by atoms with E-state index in [2.05, 4.69) is 49.7 Å². The average molecular weight is 477 g/mol. The highest BCUT2D eigenvalue weighted by Gasteiger charge is 2.19. The molecule has 2 aromatic carbocycles. The molecule has 10 heteroatoms. The molecule has 3 aromatic rings. The van der Waals surface area contributed by atoms with Crippen LogP contribution in [-0.2, 0) is 9.47 Å². The molecule has 2 aliphatic rings. The minimum atomic E-state index is 0.246. The summed E-state index contributed by atoms with van der Waals surface area (Å²) in [6.07, 6.45) is 1.46. The molecular weight excluding hydrogens is 446 g/mol. The van der Waals surface area contributed by atoms with Crippen molar-refractivity contribution in [1.29, 1.82) is 0 Å². The van der Waals surface area contributed by atoms with Gasteiger partial charge in [-0.05, 0) is 48.5 Å². The van der Waals surface area contributed by atoms with Crippen molar-refractivity contribution >= 4 is 39.9 Å². The zero-order chi connectivity index (χ0) is 24.0. The Morgan fingerprint density at radius 3 is 1.74 bits per heavy atom. The zero-order valence-electron chi connectivity index (χ0n) is 19.5. The molecule has 0 bridgehead atoms. The van der Waals surface area contributed by atoms with Crippen molar-refractivity contribution in [3.05, 3.63) is 65.7 Å². The summed E-state index contributed by atoms with van der Waals surface area (Å²) in [4.78, 5) is 21.2. The van der Waals surface area contributed by atoms with Crippen LogP contribution >= 0.6 is 0 Å². The van der Waals surface area contributed by atoms with Crippen LogP contribution in [0.5, 0.6) is 0 Å². The maximum atomic E-state index is 11.9. The van der Waals surface area contributed by atoms with Crippen molar-refractivity contribution in [2.45, 2.75) is 0 Å². The van der Waals surface area contributed by atoms with Gasteiger partial charge in [0.2, 0.25) is 0 Å². The summed E-state index contributed by atoms with van der Waals surface area (Å²) in [6.45, 7) is 6.51. The highest BCUT2D eigenvalue weighted by atomic mass is 16.5. The quantitative estimate of drug-likeness (QED) is 0.268. The predicted octanol–water partition coefficient (Wildman–Crippen LogP) is 3.53. The number of hydrogen-bond acceptors (Lipinski definition) is 8. The Hall–Kier alpha value is -3.89. The molecule has 2 saturated heterocycles. The monoisotopic (exact) mass is 476 g/mol. The maximum absolute atomic E-state index is 11.9. The molecule has 3 heterocycles. The van der Waals surface area contributed by atoms with Gasteiger partial charge in [-0.1, -0.05) is 0 Å². The molecule has 5 rings (SSSR count). The number of nitrogens with two attached hydrogens (primary N) is 1. The topological polar surface area (TPSA) is 108 Å². The van der Waals surface area contributed by atoms with Gasteiger partial charge < -0.3 is 29.9 Å². The second-order valence-corrected chi connectivity index (χ2v) is 8.46. The summed E-state index contributed by atoms with van der Waals surface area (Å²) in [5.74, 6) is 6.12. The van der Waals surface area contributed by atoms with Gasteiger partial charge in [0.15, 0.2) is 4.87 Å². The van der Waals surface area contributed by atoms with Crippen molar-refractivity contribution in [2.75, 3.05) is 73.0 Å². The molecule has 0 atom stereocenters. The third-order valence-electron chi connectivity index (χ3n) is 6.16. The Bertz CT molecular complexity index is 1140. The number of benzene rings is 2. The van der Waals surface area contributed by atoms with E-state index in [9.17, 15) is 4.91 Å². The lowest BCUT2D eigenvalue weighted by Crippen LogP contribution is -2.36. The second-order valence-electron chi connectivity index (χ2n) is 8.46. The van der Waals surface area contributed by atoms with E-state index in [4.69, 9.17) is 15.3 Å². The number of nitrogens with zero attached hydrogens (tertiary/aromatic N) is 4. The summed E-state index contributed by atoms with van der Waals surface area (Å²) in [7, 11) is 0. The average Bonchev–Trinajstić information content (AvgIpc) is 2.91. The van der Waals surface area contributed by atoms with Gasteiger partial charge in [-0.2, -0.15) is 5.84 Å². The highest BCUT2D eigenvalue weighted by Crippen LogP contribution is 2.31. The standard InChI is InChI=1S/C25H30N7O3/c26-32(33)24-18-27-25(29-20-3-7-22(8-4-20)31-11-15-35-16-12-31)17-23(24)28-19-1-5-21(6-2-19)30-9-13-34-14-10-30/h1-8,17-18H,9-16H2,(H2,26,33)(H2,27,28,29)/q+1. The van der Waals surface area contributed by atoms with Crippen LogP contribution in [0.4, 0.5) is 39.9 Å². The van der Waals surface area contributed by atoms with Crippen molar-refractivity contribution in [2.24, 2.45) is 5.84 Å². The normalized spacial score (nSPS) is 16.1. The molecule has 2 fully saturated rings. The second kappa shape index (κ2) is 10.6. The van der Waals surface area contributed by atoms with E-state index in [0.29, 0.717) is 16.4 Å². The fraction of sp³-hybridized carbons (Fsp3) is 0.320.